The molecule has 26 heavy (non-hydrogen) atoms. The van der Waals surface area contributed by atoms with E-state index < -0.39 is 0 Å². The van der Waals surface area contributed by atoms with E-state index in [4.69, 9.17) is 12.2 Å². The molecule has 0 radical (unpaired) electrons. The first kappa shape index (κ1) is 18.8. The molecular formula is C19H19N3OS3. The minimum absolute atomic E-state index is 0.0505. The highest BCUT2D eigenvalue weighted by Gasteiger charge is 2.11. The van der Waals surface area contributed by atoms with Gasteiger partial charge in [-0.25, -0.2) is 4.68 Å². The lowest BCUT2D eigenvalue weighted by Crippen LogP contribution is -2.14. The Labute approximate surface area is 166 Å². The second kappa shape index (κ2) is 8.16. The molecule has 0 spiro atoms. The molecule has 0 bridgehead atoms. The lowest BCUT2D eigenvalue weighted by atomic mass is 10.1. The van der Waals surface area contributed by atoms with Gasteiger partial charge in [0.05, 0.1) is 11.4 Å². The Balaban J connectivity index is 1.67. The molecule has 0 aliphatic rings. The number of carbonyl (C=O) groups is 1. The van der Waals surface area contributed by atoms with E-state index in [2.05, 4.69) is 16.5 Å². The van der Waals surface area contributed by atoms with Crippen LogP contribution in [0.15, 0.2) is 46.8 Å². The van der Waals surface area contributed by atoms with Crippen molar-refractivity contribution >= 4 is 46.9 Å². The van der Waals surface area contributed by atoms with Gasteiger partial charge in [0, 0.05) is 5.69 Å². The number of anilines is 1. The molecule has 0 fully saturated rings. The zero-order chi connectivity index (χ0) is 18.7. The lowest BCUT2D eigenvalue weighted by Gasteiger charge is -2.08. The summed E-state index contributed by atoms with van der Waals surface area (Å²) in [5, 5.41) is 7.52. The van der Waals surface area contributed by atoms with Crippen LogP contribution in [0.25, 0.3) is 5.69 Å². The Morgan fingerprint density at radius 1 is 1.19 bits per heavy atom. The molecule has 0 unspecified atom stereocenters. The van der Waals surface area contributed by atoms with Gasteiger partial charge in [-0.1, -0.05) is 59.0 Å². The Morgan fingerprint density at radius 3 is 2.69 bits per heavy atom. The smallest absolute Gasteiger partial charge is 0.234 e. The predicted molar refractivity (Wildman–Crippen MR) is 112 cm³/mol. The van der Waals surface area contributed by atoms with E-state index in [1.54, 1.807) is 4.68 Å². The molecule has 0 atom stereocenters. The van der Waals surface area contributed by atoms with Gasteiger partial charge in [0.25, 0.3) is 0 Å². The number of hydrogen-bond donors (Lipinski definition) is 1. The van der Waals surface area contributed by atoms with Crippen molar-refractivity contribution in [3.8, 4) is 5.69 Å². The lowest BCUT2D eigenvalue weighted by molar-refractivity contribution is -0.113. The van der Waals surface area contributed by atoms with E-state index in [-0.39, 0.29) is 5.91 Å². The molecule has 0 aliphatic carbocycles. The van der Waals surface area contributed by atoms with E-state index in [1.807, 2.05) is 57.2 Å². The van der Waals surface area contributed by atoms with Gasteiger partial charge >= 0.3 is 0 Å². The van der Waals surface area contributed by atoms with E-state index in [9.17, 15) is 4.79 Å². The van der Waals surface area contributed by atoms with Crippen LogP contribution in [0, 0.1) is 24.7 Å². The van der Waals surface area contributed by atoms with Crippen LogP contribution in [0.1, 0.15) is 16.7 Å². The van der Waals surface area contributed by atoms with Crippen LogP contribution in [0.5, 0.6) is 0 Å². The SMILES string of the molecule is Cc1ccc(NC(=O)CSc2nn(-c3ccccc3C)c(=S)s2)c(C)c1. The number of amides is 1. The second-order valence-electron chi connectivity index (χ2n) is 5.99. The standard InChI is InChI=1S/C19H19N3OS3/c1-12-8-9-15(14(3)10-12)20-17(23)11-25-18-21-22(19(24)26-18)16-7-5-4-6-13(16)2/h4-10H,11H2,1-3H3,(H,20,23). The number of nitrogens with one attached hydrogen (secondary N) is 1. The number of hydrogen-bond acceptors (Lipinski definition) is 5. The van der Waals surface area contributed by atoms with Crippen LogP contribution in [0.2, 0.25) is 0 Å². The minimum atomic E-state index is -0.0505. The van der Waals surface area contributed by atoms with E-state index in [1.165, 1.54) is 28.7 Å². The molecule has 1 N–H and O–H groups in total. The maximum absolute atomic E-state index is 12.3. The Bertz CT molecular complexity index is 1010. The molecule has 0 saturated heterocycles. The minimum Gasteiger partial charge on any atom is -0.325 e. The Morgan fingerprint density at radius 2 is 1.96 bits per heavy atom. The zero-order valence-electron chi connectivity index (χ0n) is 14.8. The summed E-state index contributed by atoms with van der Waals surface area (Å²) in [7, 11) is 0. The van der Waals surface area contributed by atoms with Gasteiger partial charge in [-0.15, -0.1) is 5.10 Å². The third kappa shape index (κ3) is 4.41. The summed E-state index contributed by atoms with van der Waals surface area (Å²) in [6.07, 6.45) is 0. The van der Waals surface area contributed by atoms with Gasteiger partial charge in [0.2, 0.25) is 5.91 Å². The Hall–Kier alpha value is -1.96. The number of aromatic nitrogens is 2. The van der Waals surface area contributed by atoms with Gasteiger partial charge in [0.1, 0.15) is 0 Å². The van der Waals surface area contributed by atoms with Crippen LogP contribution < -0.4 is 5.32 Å². The first-order chi connectivity index (χ1) is 12.4. The first-order valence-corrected chi connectivity index (χ1v) is 10.3. The van der Waals surface area contributed by atoms with E-state index in [0.717, 1.165) is 26.8 Å². The van der Waals surface area contributed by atoms with Gasteiger partial charge in [-0.3, -0.25) is 4.79 Å². The fraction of sp³-hybridized carbons (Fsp3) is 0.211. The molecule has 1 aromatic heterocycles. The molecule has 7 heteroatoms. The summed E-state index contributed by atoms with van der Waals surface area (Å²) in [5.74, 6) is 0.245. The number of nitrogens with zero attached hydrogens (tertiary/aromatic N) is 2. The summed E-state index contributed by atoms with van der Waals surface area (Å²) in [5.41, 5.74) is 5.16. The largest absolute Gasteiger partial charge is 0.325 e. The van der Waals surface area contributed by atoms with Crippen molar-refractivity contribution in [2.75, 3.05) is 11.1 Å². The fourth-order valence-electron chi connectivity index (χ4n) is 2.54. The summed E-state index contributed by atoms with van der Waals surface area (Å²) in [6, 6.07) is 14.0. The maximum Gasteiger partial charge on any atom is 0.234 e. The quantitative estimate of drug-likeness (QED) is 0.464. The van der Waals surface area contributed by atoms with Gasteiger partial charge < -0.3 is 5.32 Å². The third-order valence-electron chi connectivity index (χ3n) is 3.86. The molecule has 134 valence electrons. The Kier molecular flexibility index (Phi) is 5.90. The number of para-hydroxylation sites is 1. The predicted octanol–water partition coefficient (Wildman–Crippen LogP) is 5.32. The number of benzene rings is 2. The van der Waals surface area contributed by atoms with Gasteiger partial charge in [-0.05, 0) is 56.2 Å². The van der Waals surface area contributed by atoms with Crippen LogP contribution in [-0.2, 0) is 4.79 Å². The van der Waals surface area contributed by atoms with Crippen molar-refractivity contribution < 1.29 is 4.79 Å². The fourth-order valence-corrected chi connectivity index (χ4v) is 4.69. The second-order valence-corrected chi connectivity index (χ2v) is 8.83. The van der Waals surface area contributed by atoms with Crippen LogP contribution in [0.4, 0.5) is 5.69 Å². The van der Waals surface area contributed by atoms with Gasteiger partial charge in [-0.2, -0.15) is 0 Å². The van der Waals surface area contributed by atoms with Crippen LogP contribution >= 0.6 is 35.3 Å². The summed E-state index contributed by atoms with van der Waals surface area (Å²) in [4.78, 5) is 12.3. The first-order valence-electron chi connectivity index (χ1n) is 8.10. The number of rotatable bonds is 5. The van der Waals surface area contributed by atoms with Crippen molar-refractivity contribution in [1.29, 1.82) is 0 Å². The molecule has 0 saturated carbocycles. The van der Waals surface area contributed by atoms with E-state index >= 15 is 0 Å². The molecule has 3 rings (SSSR count). The number of aryl methyl sites for hydroxylation is 3. The number of carbonyl (C=O) groups excluding carboxylic acids is 1. The average molecular weight is 402 g/mol. The molecule has 0 aliphatic heterocycles. The van der Waals surface area contributed by atoms with Crippen LogP contribution in [0.3, 0.4) is 0 Å². The third-order valence-corrected chi connectivity index (χ3v) is 6.22. The zero-order valence-corrected chi connectivity index (χ0v) is 17.2. The molecular weight excluding hydrogens is 382 g/mol. The number of thioether (sulfide) groups is 1. The van der Waals surface area contributed by atoms with E-state index in [0.29, 0.717) is 9.71 Å². The summed E-state index contributed by atoms with van der Waals surface area (Å²) >= 11 is 8.25. The topological polar surface area (TPSA) is 46.9 Å². The monoisotopic (exact) mass is 401 g/mol. The molecule has 1 heterocycles. The molecule has 4 nitrogen and oxygen atoms in total. The van der Waals surface area contributed by atoms with Crippen molar-refractivity contribution in [3.63, 3.8) is 0 Å². The van der Waals surface area contributed by atoms with Crippen molar-refractivity contribution in [1.82, 2.24) is 9.78 Å². The highest BCUT2D eigenvalue weighted by atomic mass is 32.2. The van der Waals surface area contributed by atoms with Crippen molar-refractivity contribution in [2.45, 2.75) is 25.1 Å². The van der Waals surface area contributed by atoms with Crippen LogP contribution in [-0.4, -0.2) is 21.4 Å². The molecule has 3 aromatic rings. The normalized spacial score (nSPS) is 10.7. The highest BCUT2D eigenvalue weighted by Crippen LogP contribution is 2.25. The summed E-state index contributed by atoms with van der Waals surface area (Å²) in [6.45, 7) is 6.05. The van der Waals surface area contributed by atoms with Crippen molar-refractivity contribution in [3.05, 3.63) is 63.1 Å². The maximum atomic E-state index is 12.3. The van der Waals surface area contributed by atoms with Crippen molar-refractivity contribution in [2.24, 2.45) is 0 Å². The highest BCUT2D eigenvalue weighted by molar-refractivity contribution is 8.01. The molecule has 2 aromatic carbocycles. The molecule has 1 amide bonds. The summed E-state index contributed by atoms with van der Waals surface area (Å²) < 4.78 is 3.23. The average Bonchev–Trinajstić information content (AvgIpc) is 2.97. The van der Waals surface area contributed by atoms with Gasteiger partial charge in [0.15, 0.2) is 8.29 Å².